The molecule has 40 valence electrons. The third-order valence-corrected chi connectivity index (χ3v) is 0. The second-order valence-corrected chi connectivity index (χ2v) is 2.45. The molecule has 0 amide bonds. The minimum absolute atomic E-state index is 0. The molecule has 0 aromatic heterocycles. The van der Waals surface area contributed by atoms with Gasteiger partial charge in [-0.15, -0.1) is 0 Å². The Morgan fingerprint density at radius 3 is 1.50 bits per heavy atom. The van der Waals surface area contributed by atoms with E-state index in [0.29, 0.717) is 0 Å². The van der Waals surface area contributed by atoms with E-state index in [1.54, 1.807) is 0 Å². The third-order valence-electron chi connectivity index (χ3n) is 0. The molecule has 0 atom stereocenters. The first-order chi connectivity index (χ1) is 2.00. The van der Waals surface area contributed by atoms with Crippen LogP contribution in [0.25, 0.3) is 0 Å². The van der Waals surface area contributed by atoms with Gasteiger partial charge in [0.25, 0.3) is 0 Å². The van der Waals surface area contributed by atoms with Crippen LogP contribution in [0.3, 0.4) is 0 Å². The van der Waals surface area contributed by atoms with Crippen molar-refractivity contribution >= 4 is 20.8 Å². The molecule has 0 bridgehead atoms. The molecular formula is NiO3S2. The van der Waals surface area contributed by atoms with E-state index in [9.17, 15) is 0 Å². The van der Waals surface area contributed by atoms with Gasteiger partial charge in [0.05, 0.1) is 0 Å². The first-order valence-corrected chi connectivity index (χ1v) is 3.00. The third kappa shape index (κ3) is 118. The normalized spacial score (nSPS) is 9.67. The van der Waals surface area contributed by atoms with E-state index >= 15 is 0 Å². The van der Waals surface area contributed by atoms with Crippen LogP contribution in [0.4, 0.5) is 0 Å². The first kappa shape index (κ1) is 9.89. The van der Waals surface area contributed by atoms with E-state index in [0.717, 1.165) is 0 Å². The van der Waals surface area contributed by atoms with Crippen LogP contribution < -0.4 is 0 Å². The predicted molar refractivity (Wildman–Crippen MR) is 17.1 cm³/mol. The second-order valence-electron chi connectivity index (χ2n) is 0.408. The fraction of sp³-hybridized carbons (Fsp3) is 0. The summed E-state index contributed by atoms with van der Waals surface area (Å²) >= 11 is 3.24. The molecule has 0 aliphatic rings. The Kier molecular flexibility index (Phi) is 4.70. The van der Waals surface area contributed by atoms with Gasteiger partial charge in [-0.3, -0.25) is 8.42 Å². The molecule has 6 heteroatoms. The Morgan fingerprint density at radius 2 is 1.50 bits per heavy atom. The van der Waals surface area contributed by atoms with E-state index in [1.807, 2.05) is 0 Å². The van der Waals surface area contributed by atoms with E-state index in [-0.39, 0.29) is 16.5 Å². The molecule has 0 saturated heterocycles. The monoisotopic (exact) mass is 170 g/mol. The van der Waals surface area contributed by atoms with Crippen LogP contribution in [0.1, 0.15) is 0 Å². The Morgan fingerprint density at radius 1 is 1.50 bits per heavy atom. The smallest absolute Gasteiger partial charge is 0.768 e. The van der Waals surface area contributed by atoms with Crippen molar-refractivity contribution in [3.63, 3.8) is 0 Å². The molecule has 0 aromatic rings. The molecule has 6 heavy (non-hydrogen) atoms. The number of rotatable bonds is 0. The number of hydrogen-bond donors (Lipinski definition) is 0. The standard InChI is InChI=1S/Ni.H2O3S2/c;1-5(2,3)4/h;(H2,1,2,3,4)/q+2;/p-2. The average Bonchev–Trinajstić information content (AvgIpc) is 0.722. The van der Waals surface area contributed by atoms with Gasteiger partial charge in [-0.05, 0) is 9.15 Å². The van der Waals surface area contributed by atoms with E-state index in [2.05, 4.69) is 11.7 Å². The molecule has 0 N–H and O–H groups in total. The molecule has 0 fully saturated rings. The Hall–Kier alpha value is 0.754. The van der Waals surface area contributed by atoms with Gasteiger partial charge in [-0.1, -0.05) is 0 Å². The summed E-state index contributed by atoms with van der Waals surface area (Å²) in [6.07, 6.45) is 0. The number of hydrogen-bond acceptors (Lipinski definition) is 4. The molecule has 0 heterocycles. The molecule has 0 aliphatic carbocycles. The molecule has 0 spiro atoms. The zero-order valence-corrected chi connectivity index (χ0v) is 4.98. The van der Waals surface area contributed by atoms with Crippen molar-refractivity contribution in [2.24, 2.45) is 0 Å². The summed E-state index contributed by atoms with van der Waals surface area (Å²) < 4.78 is 26.7. The molecule has 3 nitrogen and oxygen atoms in total. The van der Waals surface area contributed by atoms with Crippen LogP contribution >= 0.6 is 0 Å². The predicted octanol–water partition coefficient (Wildman–Crippen LogP) is -1.01. The maximum Gasteiger partial charge on any atom is 2.00 e. The first-order valence-electron chi connectivity index (χ1n) is 0.667. The summed E-state index contributed by atoms with van der Waals surface area (Å²) in [4.78, 5) is 0. The maximum atomic E-state index is 8.89. The van der Waals surface area contributed by atoms with Gasteiger partial charge in [0.1, 0.15) is 0 Å². The van der Waals surface area contributed by atoms with Crippen molar-refractivity contribution in [2.75, 3.05) is 0 Å². The average molecular weight is 171 g/mol. The summed E-state index contributed by atoms with van der Waals surface area (Å²) in [5, 5.41) is 0. The van der Waals surface area contributed by atoms with Crippen molar-refractivity contribution in [1.29, 1.82) is 0 Å². The molecule has 0 radical (unpaired) electrons. The summed E-state index contributed by atoms with van der Waals surface area (Å²) in [7, 11) is -4.33. The van der Waals surface area contributed by atoms with Gasteiger partial charge in [-0.25, -0.2) is 0 Å². The fourth-order valence-electron chi connectivity index (χ4n) is 0. The zero-order valence-electron chi connectivity index (χ0n) is 2.36. The van der Waals surface area contributed by atoms with Crippen molar-refractivity contribution in [2.45, 2.75) is 0 Å². The van der Waals surface area contributed by atoms with Crippen LogP contribution in [0.2, 0.25) is 0 Å². The van der Waals surface area contributed by atoms with Gasteiger partial charge >= 0.3 is 16.5 Å². The quantitative estimate of drug-likeness (QED) is 0.203. The van der Waals surface area contributed by atoms with Crippen LogP contribution in [0.15, 0.2) is 0 Å². The second kappa shape index (κ2) is 2.85. The summed E-state index contributed by atoms with van der Waals surface area (Å²) in [6.45, 7) is 0. The van der Waals surface area contributed by atoms with Crippen molar-refractivity contribution in [3.05, 3.63) is 0 Å². The molecule has 0 aliphatic heterocycles. The van der Waals surface area contributed by atoms with Crippen LogP contribution in [-0.4, -0.2) is 13.0 Å². The van der Waals surface area contributed by atoms with Crippen molar-refractivity contribution in [3.8, 4) is 0 Å². The minimum Gasteiger partial charge on any atom is -0.768 e. The summed E-state index contributed by atoms with van der Waals surface area (Å²) in [5.41, 5.74) is 0. The van der Waals surface area contributed by atoms with Gasteiger partial charge in [-0.2, -0.15) is 0 Å². The van der Waals surface area contributed by atoms with Crippen LogP contribution in [0.5, 0.6) is 0 Å². The molecule has 0 aromatic carbocycles. The topological polar surface area (TPSA) is 57.2 Å². The van der Waals surface area contributed by atoms with Gasteiger partial charge in [0.15, 0.2) is 0 Å². The maximum absolute atomic E-state index is 8.89. The molecular weight excluding hydrogens is 171 g/mol. The summed E-state index contributed by atoms with van der Waals surface area (Å²) in [6, 6.07) is 0. The molecule has 0 saturated carbocycles. The van der Waals surface area contributed by atoms with E-state index in [4.69, 9.17) is 13.0 Å². The van der Waals surface area contributed by atoms with Gasteiger partial charge in [0, 0.05) is 0 Å². The van der Waals surface area contributed by atoms with E-state index < -0.39 is 9.15 Å². The fourth-order valence-corrected chi connectivity index (χ4v) is 0. The van der Waals surface area contributed by atoms with Gasteiger partial charge in [0.2, 0.25) is 0 Å². The summed E-state index contributed by atoms with van der Waals surface area (Å²) in [5.74, 6) is 0. The van der Waals surface area contributed by atoms with Crippen LogP contribution in [-0.2, 0) is 37.3 Å². The molecule has 0 unspecified atom stereocenters. The Labute approximate surface area is 50.6 Å². The minimum atomic E-state index is -4.33. The Balaban J connectivity index is 0. The SMILES string of the molecule is O=S(=O)([O-])[S-].[Ni+2]. The largest absolute Gasteiger partial charge is 2.00 e. The Bertz CT molecular complexity index is 92.0. The van der Waals surface area contributed by atoms with Crippen molar-refractivity contribution in [1.82, 2.24) is 0 Å². The molecule has 0 rings (SSSR count). The van der Waals surface area contributed by atoms with Gasteiger partial charge < -0.3 is 16.2 Å². The van der Waals surface area contributed by atoms with Crippen molar-refractivity contribution < 1.29 is 29.5 Å². The van der Waals surface area contributed by atoms with Crippen LogP contribution in [0, 0.1) is 0 Å². The zero-order chi connectivity index (χ0) is 4.50. The van der Waals surface area contributed by atoms with E-state index in [1.165, 1.54) is 0 Å².